The van der Waals surface area contributed by atoms with E-state index < -0.39 is 0 Å². The highest BCUT2D eigenvalue weighted by Crippen LogP contribution is 2.37. The summed E-state index contributed by atoms with van der Waals surface area (Å²) in [6.45, 7) is 2.24. The summed E-state index contributed by atoms with van der Waals surface area (Å²) in [7, 11) is 0. The van der Waals surface area contributed by atoms with Gasteiger partial charge in [0.2, 0.25) is 11.8 Å². The normalized spacial score (nSPS) is 28.4. The molecule has 2 atom stereocenters. The van der Waals surface area contributed by atoms with Gasteiger partial charge in [0.15, 0.2) is 0 Å². The van der Waals surface area contributed by atoms with Gasteiger partial charge >= 0.3 is 0 Å². The fraction of sp³-hybridized carbons (Fsp3) is 0.636. The number of rotatable bonds is 3. The van der Waals surface area contributed by atoms with E-state index in [4.69, 9.17) is 0 Å². The van der Waals surface area contributed by atoms with Crippen LogP contribution in [0.4, 0.5) is 5.69 Å². The number of nitrogens with one attached hydrogen (secondary N) is 1. The molecule has 1 saturated carbocycles. The van der Waals surface area contributed by atoms with Crippen LogP contribution < -0.4 is 10.2 Å². The van der Waals surface area contributed by atoms with Crippen molar-refractivity contribution < 1.29 is 9.59 Å². The second kappa shape index (κ2) is 6.93. The van der Waals surface area contributed by atoms with Crippen molar-refractivity contribution in [3.8, 4) is 0 Å². The summed E-state index contributed by atoms with van der Waals surface area (Å²) in [6, 6.07) is 8.80. The Morgan fingerprint density at radius 3 is 2.44 bits per heavy atom. The first-order chi connectivity index (χ1) is 13.2. The zero-order valence-corrected chi connectivity index (χ0v) is 15.9. The summed E-state index contributed by atoms with van der Waals surface area (Å²) >= 11 is 0. The first-order valence-corrected chi connectivity index (χ1v) is 10.6. The van der Waals surface area contributed by atoms with Gasteiger partial charge in [-0.05, 0) is 62.5 Å². The number of piperidine rings is 1. The number of fused-ring (bicyclic) bond motifs is 1. The number of nitrogens with zero attached hydrogens (tertiary/aromatic N) is 2. The molecule has 5 heteroatoms. The molecule has 2 amide bonds. The minimum absolute atomic E-state index is 0.00769. The molecule has 0 bridgehead atoms. The maximum Gasteiger partial charge on any atom is 0.239 e. The van der Waals surface area contributed by atoms with Gasteiger partial charge in [-0.25, -0.2) is 0 Å². The molecule has 5 rings (SSSR count). The Morgan fingerprint density at radius 2 is 1.67 bits per heavy atom. The summed E-state index contributed by atoms with van der Waals surface area (Å²) in [5, 5.41) is 3.57. The number of carbonyl (C=O) groups is 2. The highest BCUT2D eigenvalue weighted by molar-refractivity contribution is 5.97. The van der Waals surface area contributed by atoms with Crippen LogP contribution in [0.3, 0.4) is 0 Å². The molecule has 1 aromatic carbocycles. The lowest BCUT2D eigenvalue weighted by atomic mass is 9.94. The van der Waals surface area contributed by atoms with Crippen LogP contribution in [0.1, 0.15) is 44.1 Å². The van der Waals surface area contributed by atoms with Gasteiger partial charge in [0, 0.05) is 37.3 Å². The predicted octanol–water partition coefficient (Wildman–Crippen LogP) is 2.34. The highest BCUT2D eigenvalue weighted by Gasteiger charge is 2.40. The molecule has 3 heterocycles. The molecule has 27 heavy (non-hydrogen) atoms. The van der Waals surface area contributed by atoms with Crippen molar-refractivity contribution in [2.45, 2.75) is 57.0 Å². The molecular formula is C22H29N3O2. The van der Waals surface area contributed by atoms with Crippen molar-refractivity contribution in [2.24, 2.45) is 11.8 Å². The van der Waals surface area contributed by atoms with Crippen LogP contribution in [0.25, 0.3) is 0 Å². The minimum atomic E-state index is 0.00769. The average Bonchev–Trinajstić information content (AvgIpc) is 3.29. The summed E-state index contributed by atoms with van der Waals surface area (Å²) in [6.07, 6.45) is 7.31. The van der Waals surface area contributed by atoms with Crippen molar-refractivity contribution in [1.29, 1.82) is 0 Å². The van der Waals surface area contributed by atoms with Gasteiger partial charge < -0.3 is 15.1 Å². The Balaban J connectivity index is 1.16. The molecule has 2 saturated heterocycles. The van der Waals surface area contributed by atoms with Gasteiger partial charge in [0.05, 0.1) is 6.04 Å². The molecule has 2 unspecified atom stereocenters. The van der Waals surface area contributed by atoms with Crippen molar-refractivity contribution >= 4 is 17.5 Å². The lowest BCUT2D eigenvalue weighted by Gasteiger charge is -2.34. The van der Waals surface area contributed by atoms with Gasteiger partial charge in [0.25, 0.3) is 0 Å². The van der Waals surface area contributed by atoms with E-state index >= 15 is 0 Å². The number of anilines is 1. The lowest BCUT2D eigenvalue weighted by Crippen LogP contribution is -2.50. The van der Waals surface area contributed by atoms with Crippen molar-refractivity contribution in [2.75, 3.05) is 24.5 Å². The second-order valence-corrected chi connectivity index (χ2v) is 8.71. The van der Waals surface area contributed by atoms with Gasteiger partial charge in [0.1, 0.15) is 0 Å². The standard InChI is InChI=1S/C22H29N3O2/c26-21(25-14-11-16-3-1-2-4-20(16)25)17-9-12-24(13-10-17)22(27)19-8-7-18(23-19)15-5-6-15/h1-4,15,17-19,23H,5-14H2. The Labute approximate surface area is 161 Å². The maximum atomic E-state index is 13.0. The highest BCUT2D eigenvalue weighted by atomic mass is 16.2. The molecule has 1 aromatic rings. The van der Waals surface area contributed by atoms with E-state index in [1.807, 2.05) is 21.9 Å². The molecule has 144 valence electrons. The number of hydrogen-bond donors (Lipinski definition) is 1. The molecule has 1 aliphatic carbocycles. The number of benzene rings is 1. The predicted molar refractivity (Wildman–Crippen MR) is 104 cm³/mol. The Hall–Kier alpha value is -1.88. The van der Waals surface area contributed by atoms with E-state index in [2.05, 4.69) is 17.4 Å². The monoisotopic (exact) mass is 367 g/mol. The van der Waals surface area contributed by atoms with Crippen LogP contribution in [-0.4, -0.2) is 48.4 Å². The first kappa shape index (κ1) is 17.2. The van der Waals surface area contributed by atoms with Gasteiger partial charge in [-0.15, -0.1) is 0 Å². The third kappa shape index (κ3) is 3.27. The number of hydrogen-bond acceptors (Lipinski definition) is 3. The van der Waals surface area contributed by atoms with E-state index in [0.717, 1.165) is 63.3 Å². The van der Waals surface area contributed by atoms with Gasteiger partial charge in [-0.3, -0.25) is 9.59 Å². The Kier molecular flexibility index (Phi) is 4.43. The molecule has 1 N–H and O–H groups in total. The third-order valence-electron chi connectivity index (χ3n) is 6.98. The third-order valence-corrected chi connectivity index (χ3v) is 6.98. The van der Waals surface area contributed by atoms with Crippen LogP contribution in [0.5, 0.6) is 0 Å². The zero-order chi connectivity index (χ0) is 18.4. The van der Waals surface area contributed by atoms with E-state index in [0.29, 0.717) is 6.04 Å². The number of amides is 2. The second-order valence-electron chi connectivity index (χ2n) is 8.71. The van der Waals surface area contributed by atoms with Crippen molar-refractivity contribution in [3.63, 3.8) is 0 Å². The molecule has 5 nitrogen and oxygen atoms in total. The van der Waals surface area contributed by atoms with Crippen molar-refractivity contribution in [3.05, 3.63) is 29.8 Å². The van der Waals surface area contributed by atoms with Gasteiger partial charge in [-0.1, -0.05) is 18.2 Å². The first-order valence-electron chi connectivity index (χ1n) is 10.6. The SMILES string of the molecule is O=C(C1CCC(C2CC2)N1)N1CCC(C(=O)N2CCc3ccccc32)CC1. The van der Waals surface area contributed by atoms with E-state index in [-0.39, 0.29) is 23.8 Å². The summed E-state index contributed by atoms with van der Waals surface area (Å²) in [5.74, 6) is 1.38. The molecule has 3 aliphatic heterocycles. The smallest absolute Gasteiger partial charge is 0.239 e. The molecule has 3 fully saturated rings. The fourth-order valence-electron chi connectivity index (χ4n) is 5.19. The molecule has 4 aliphatic rings. The van der Waals surface area contributed by atoms with Crippen LogP contribution in [0.15, 0.2) is 24.3 Å². The number of carbonyl (C=O) groups excluding carboxylic acids is 2. The topological polar surface area (TPSA) is 52.7 Å². The van der Waals surface area contributed by atoms with Gasteiger partial charge in [-0.2, -0.15) is 0 Å². The number of likely N-dealkylation sites (tertiary alicyclic amines) is 1. The average molecular weight is 367 g/mol. The zero-order valence-electron chi connectivity index (χ0n) is 15.9. The van der Waals surface area contributed by atoms with Crippen LogP contribution in [0, 0.1) is 11.8 Å². The minimum Gasteiger partial charge on any atom is -0.341 e. The Morgan fingerprint density at radius 1 is 0.889 bits per heavy atom. The van der Waals surface area contributed by atoms with E-state index in [1.165, 1.54) is 18.4 Å². The quantitative estimate of drug-likeness (QED) is 0.892. The van der Waals surface area contributed by atoms with E-state index in [1.54, 1.807) is 0 Å². The summed E-state index contributed by atoms with van der Waals surface area (Å²) in [4.78, 5) is 29.8. The lowest BCUT2D eigenvalue weighted by molar-refractivity contribution is -0.136. The maximum absolute atomic E-state index is 13.0. The molecule has 0 radical (unpaired) electrons. The summed E-state index contributed by atoms with van der Waals surface area (Å²) < 4.78 is 0. The summed E-state index contributed by atoms with van der Waals surface area (Å²) in [5.41, 5.74) is 2.36. The van der Waals surface area contributed by atoms with Crippen LogP contribution in [-0.2, 0) is 16.0 Å². The number of para-hydroxylation sites is 1. The molecule has 0 aromatic heterocycles. The molecule has 0 spiro atoms. The molecular weight excluding hydrogens is 338 g/mol. The Bertz CT molecular complexity index is 737. The largest absolute Gasteiger partial charge is 0.341 e. The fourth-order valence-corrected chi connectivity index (χ4v) is 5.19. The van der Waals surface area contributed by atoms with E-state index in [9.17, 15) is 9.59 Å². The van der Waals surface area contributed by atoms with Crippen LogP contribution in [0.2, 0.25) is 0 Å². The van der Waals surface area contributed by atoms with Crippen molar-refractivity contribution in [1.82, 2.24) is 10.2 Å². The van der Waals surface area contributed by atoms with Crippen LogP contribution >= 0.6 is 0 Å².